The van der Waals surface area contributed by atoms with Gasteiger partial charge in [-0.2, -0.15) is 0 Å². The minimum absolute atomic E-state index is 0.206. The highest BCUT2D eigenvalue weighted by Crippen LogP contribution is 2.27. The van der Waals surface area contributed by atoms with Gasteiger partial charge in [0.1, 0.15) is 11.9 Å². The van der Waals surface area contributed by atoms with E-state index in [1.54, 1.807) is 16.8 Å². The van der Waals surface area contributed by atoms with Crippen LogP contribution in [0.4, 0.5) is 10.1 Å². The molecule has 1 amide bonds. The second kappa shape index (κ2) is 7.21. The van der Waals surface area contributed by atoms with E-state index in [1.165, 1.54) is 12.1 Å². The molecule has 0 unspecified atom stereocenters. The molecule has 0 radical (unpaired) electrons. The Labute approximate surface area is 163 Å². The van der Waals surface area contributed by atoms with Crippen LogP contribution >= 0.6 is 15.9 Å². The van der Waals surface area contributed by atoms with Gasteiger partial charge in [-0.25, -0.2) is 9.07 Å². The maximum Gasteiger partial charge on any atom is 0.278 e. The minimum Gasteiger partial charge on any atom is -0.365 e. The normalized spacial score (nSPS) is 16.0. The van der Waals surface area contributed by atoms with Gasteiger partial charge < -0.3 is 10.1 Å². The molecule has 138 valence electrons. The van der Waals surface area contributed by atoms with Gasteiger partial charge >= 0.3 is 0 Å². The monoisotopic (exact) mass is 430 g/mol. The average molecular weight is 431 g/mol. The first-order chi connectivity index (χ1) is 13.0. The predicted molar refractivity (Wildman–Crippen MR) is 101 cm³/mol. The van der Waals surface area contributed by atoms with Gasteiger partial charge in [-0.15, -0.1) is 5.10 Å². The fraction of sp³-hybridized carbons (Fsp3) is 0.211. The zero-order valence-electron chi connectivity index (χ0n) is 14.4. The van der Waals surface area contributed by atoms with Gasteiger partial charge in [-0.1, -0.05) is 33.3 Å². The molecule has 1 aliphatic rings. The number of nitrogens with zero attached hydrogens (tertiary/aromatic N) is 3. The van der Waals surface area contributed by atoms with Crippen molar-refractivity contribution in [3.8, 4) is 0 Å². The quantitative estimate of drug-likeness (QED) is 0.681. The van der Waals surface area contributed by atoms with E-state index in [1.807, 2.05) is 25.1 Å². The van der Waals surface area contributed by atoms with Crippen molar-refractivity contribution in [3.05, 3.63) is 75.3 Å². The summed E-state index contributed by atoms with van der Waals surface area (Å²) in [6, 6.07) is 11.7. The van der Waals surface area contributed by atoms with Crippen LogP contribution in [0.1, 0.15) is 33.4 Å². The Hall–Kier alpha value is -2.58. The number of carbonyl (C=O) groups excluding carboxylic acids is 1. The van der Waals surface area contributed by atoms with Crippen LogP contribution in [-0.2, 0) is 17.9 Å². The largest absolute Gasteiger partial charge is 0.365 e. The molecule has 6 nitrogen and oxygen atoms in total. The van der Waals surface area contributed by atoms with E-state index >= 15 is 0 Å². The van der Waals surface area contributed by atoms with Crippen molar-refractivity contribution in [2.45, 2.75) is 26.2 Å². The Morgan fingerprint density at radius 3 is 2.81 bits per heavy atom. The van der Waals surface area contributed by atoms with E-state index in [2.05, 4.69) is 31.6 Å². The molecule has 0 fully saturated rings. The summed E-state index contributed by atoms with van der Waals surface area (Å²) in [5.41, 5.74) is 3.42. The molecule has 4 rings (SSSR count). The molecule has 0 spiro atoms. The van der Waals surface area contributed by atoms with E-state index in [-0.39, 0.29) is 30.1 Å². The fourth-order valence-electron chi connectivity index (χ4n) is 2.98. The number of benzene rings is 2. The maximum atomic E-state index is 13.1. The molecule has 1 N–H and O–H groups in total. The molecule has 1 aliphatic heterocycles. The van der Waals surface area contributed by atoms with Crippen LogP contribution in [0.15, 0.2) is 46.9 Å². The zero-order chi connectivity index (χ0) is 19.0. The SMILES string of the molecule is Cc1cc(NC(=O)c2nnn3c2CO[C@@H](c2ccc(F)cc2)C3)ccc1Br. The van der Waals surface area contributed by atoms with Crippen molar-refractivity contribution in [1.29, 1.82) is 0 Å². The number of carbonyl (C=O) groups is 1. The summed E-state index contributed by atoms with van der Waals surface area (Å²) in [6.07, 6.45) is -0.259. The first-order valence-electron chi connectivity index (χ1n) is 8.38. The first kappa shape index (κ1) is 17.8. The molecule has 0 saturated carbocycles. The highest BCUT2D eigenvalue weighted by molar-refractivity contribution is 9.10. The number of rotatable bonds is 3. The van der Waals surface area contributed by atoms with Crippen molar-refractivity contribution < 1.29 is 13.9 Å². The second-order valence-electron chi connectivity index (χ2n) is 6.34. The van der Waals surface area contributed by atoms with Crippen LogP contribution in [0.5, 0.6) is 0 Å². The van der Waals surface area contributed by atoms with Gasteiger partial charge in [0.25, 0.3) is 5.91 Å². The van der Waals surface area contributed by atoms with Gasteiger partial charge in [0.15, 0.2) is 5.69 Å². The number of hydrogen-bond acceptors (Lipinski definition) is 4. The van der Waals surface area contributed by atoms with Crippen LogP contribution in [0, 0.1) is 12.7 Å². The molecule has 2 heterocycles. The van der Waals surface area contributed by atoms with Crippen LogP contribution in [-0.4, -0.2) is 20.9 Å². The second-order valence-corrected chi connectivity index (χ2v) is 7.19. The molecule has 2 aromatic carbocycles. The lowest BCUT2D eigenvalue weighted by atomic mass is 10.1. The summed E-state index contributed by atoms with van der Waals surface area (Å²) in [4.78, 5) is 12.6. The molecule has 1 atom stereocenters. The van der Waals surface area contributed by atoms with E-state index in [4.69, 9.17) is 4.74 Å². The lowest BCUT2D eigenvalue weighted by Gasteiger charge is -2.24. The van der Waals surface area contributed by atoms with Crippen molar-refractivity contribution in [3.63, 3.8) is 0 Å². The fourth-order valence-corrected chi connectivity index (χ4v) is 3.23. The Bertz CT molecular complexity index is 1000. The molecule has 3 aromatic rings. The van der Waals surface area contributed by atoms with Gasteiger partial charge in [-0.3, -0.25) is 4.79 Å². The van der Waals surface area contributed by atoms with E-state index in [0.29, 0.717) is 17.9 Å². The Balaban J connectivity index is 1.51. The first-order valence-corrected chi connectivity index (χ1v) is 9.17. The lowest BCUT2D eigenvalue weighted by Crippen LogP contribution is -2.24. The van der Waals surface area contributed by atoms with E-state index < -0.39 is 0 Å². The van der Waals surface area contributed by atoms with Crippen LogP contribution in [0.2, 0.25) is 0 Å². The highest BCUT2D eigenvalue weighted by atomic mass is 79.9. The van der Waals surface area contributed by atoms with Crippen LogP contribution in [0.25, 0.3) is 0 Å². The average Bonchev–Trinajstić information content (AvgIpc) is 3.08. The topological polar surface area (TPSA) is 69.0 Å². The summed E-state index contributed by atoms with van der Waals surface area (Å²) in [5, 5.41) is 11.0. The van der Waals surface area contributed by atoms with E-state index in [0.717, 1.165) is 15.6 Å². The number of aromatic nitrogens is 3. The van der Waals surface area contributed by atoms with Gasteiger partial charge in [0.2, 0.25) is 0 Å². The number of nitrogens with one attached hydrogen (secondary N) is 1. The lowest BCUT2D eigenvalue weighted by molar-refractivity contribution is -0.00174. The summed E-state index contributed by atoms with van der Waals surface area (Å²) in [7, 11) is 0. The number of ether oxygens (including phenoxy) is 1. The Kier molecular flexibility index (Phi) is 4.75. The summed E-state index contributed by atoms with van der Waals surface area (Å²) in [6.45, 7) is 2.57. The number of aryl methyl sites for hydroxylation is 1. The number of halogens is 2. The maximum absolute atomic E-state index is 13.1. The minimum atomic E-state index is -0.332. The van der Waals surface area contributed by atoms with Crippen molar-refractivity contribution in [2.75, 3.05) is 5.32 Å². The predicted octanol–water partition coefficient (Wildman–Crippen LogP) is 4.01. The molecule has 27 heavy (non-hydrogen) atoms. The van der Waals surface area contributed by atoms with Gasteiger partial charge in [0.05, 0.1) is 18.8 Å². The van der Waals surface area contributed by atoms with Crippen molar-refractivity contribution in [2.24, 2.45) is 0 Å². The van der Waals surface area contributed by atoms with Gasteiger partial charge in [-0.05, 0) is 48.4 Å². The molecular weight excluding hydrogens is 415 g/mol. The molecule has 1 aromatic heterocycles. The molecular formula is C19H16BrFN4O2. The third-order valence-electron chi connectivity index (χ3n) is 4.47. The standard InChI is InChI=1S/C19H16BrFN4O2/c1-11-8-14(6-7-15(11)20)22-19(26)18-16-10-27-17(9-25(16)24-23-18)12-2-4-13(21)5-3-12/h2-8,17H,9-10H2,1H3,(H,22,26)/t17-/m1/s1. The number of hydrogen-bond donors (Lipinski definition) is 1. The van der Waals surface area contributed by atoms with Gasteiger partial charge in [0, 0.05) is 10.2 Å². The third kappa shape index (κ3) is 3.63. The Morgan fingerprint density at radius 1 is 1.30 bits per heavy atom. The Morgan fingerprint density at radius 2 is 2.07 bits per heavy atom. The molecule has 0 bridgehead atoms. The van der Waals surface area contributed by atoms with Crippen molar-refractivity contribution in [1.82, 2.24) is 15.0 Å². The molecule has 8 heteroatoms. The molecule has 0 saturated heterocycles. The highest BCUT2D eigenvalue weighted by Gasteiger charge is 2.27. The number of anilines is 1. The summed E-state index contributed by atoms with van der Waals surface area (Å²) < 4.78 is 21.6. The molecule has 0 aliphatic carbocycles. The number of fused-ring (bicyclic) bond motifs is 1. The van der Waals surface area contributed by atoms with Crippen LogP contribution < -0.4 is 5.32 Å². The summed E-state index contributed by atoms with van der Waals surface area (Å²) >= 11 is 3.44. The van der Waals surface area contributed by atoms with Crippen molar-refractivity contribution >= 4 is 27.5 Å². The van der Waals surface area contributed by atoms with Crippen LogP contribution in [0.3, 0.4) is 0 Å². The number of amides is 1. The zero-order valence-corrected chi connectivity index (χ0v) is 16.0. The smallest absolute Gasteiger partial charge is 0.278 e. The summed E-state index contributed by atoms with van der Waals surface area (Å²) in [5.74, 6) is -0.625. The third-order valence-corrected chi connectivity index (χ3v) is 5.36. The van der Waals surface area contributed by atoms with E-state index in [9.17, 15) is 9.18 Å².